The van der Waals surface area contributed by atoms with E-state index in [0.717, 1.165) is 18.7 Å². The van der Waals surface area contributed by atoms with Crippen LogP contribution in [0.25, 0.3) is 0 Å². The summed E-state index contributed by atoms with van der Waals surface area (Å²) < 4.78 is 1.83. The maximum Gasteiger partial charge on any atom is 0.138 e. The molecule has 1 N–H and O–H groups in total. The van der Waals surface area contributed by atoms with Gasteiger partial charge in [0.15, 0.2) is 0 Å². The van der Waals surface area contributed by atoms with Gasteiger partial charge in [0, 0.05) is 19.5 Å². The molecule has 0 saturated heterocycles. The predicted molar refractivity (Wildman–Crippen MR) is 67.7 cm³/mol. The molecule has 0 aliphatic heterocycles. The number of hydrogen-bond acceptors (Lipinski definition) is 3. The van der Waals surface area contributed by atoms with Crippen molar-refractivity contribution in [1.82, 2.24) is 20.1 Å². The molecule has 2 rings (SSSR count). The first-order chi connectivity index (χ1) is 8.29. The molecule has 17 heavy (non-hydrogen) atoms. The first-order valence-corrected chi connectivity index (χ1v) is 5.83. The number of hydrogen-bond donors (Lipinski definition) is 1. The number of aromatic nitrogens is 3. The highest BCUT2D eigenvalue weighted by Gasteiger charge is 2.11. The molecule has 0 bridgehead atoms. The monoisotopic (exact) mass is 230 g/mol. The highest BCUT2D eigenvalue weighted by Crippen LogP contribution is 2.06. The van der Waals surface area contributed by atoms with Crippen LogP contribution in [0.15, 0.2) is 36.7 Å². The van der Waals surface area contributed by atoms with Crippen molar-refractivity contribution in [3.05, 3.63) is 48.0 Å². The van der Waals surface area contributed by atoms with E-state index < -0.39 is 0 Å². The lowest BCUT2D eigenvalue weighted by Crippen LogP contribution is -2.31. The standard InChI is InChI=1S/C13H18N4/c1-14-12(8-11-6-4-3-5-7-11)9-13-15-10-16-17(13)2/h3-7,10,12,14H,8-9H2,1-2H3. The zero-order chi connectivity index (χ0) is 12.1. The molecule has 0 radical (unpaired) electrons. The van der Waals surface area contributed by atoms with Crippen molar-refractivity contribution in [1.29, 1.82) is 0 Å². The minimum atomic E-state index is 0.389. The van der Waals surface area contributed by atoms with Crippen LogP contribution in [-0.2, 0) is 19.9 Å². The average Bonchev–Trinajstić information content (AvgIpc) is 2.75. The Bertz CT molecular complexity index is 449. The molecule has 0 saturated carbocycles. The maximum atomic E-state index is 4.26. The van der Waals surface area contributed by atoms with E-state index in [9.17, 15) is 0 Å². The van der Waals surface area contributed by atoms with Gasteiger partial charge in [0.25, 0.3) is 0 Å². The summed E-state index contributed by atoms with van der Waals surface area (Å²) in [5.41, 5.74) is 1.34. The molecule has 0 aliphatic rings. The second-order valence-electron chi connectivity index (χ2n) is 4.18. The highest BCUT2D eigenvalue weighted by molar-refractivity contribution is 5.16. The van der Waals surface area contributed by atoms with Crippen LogP contribution in [0.4, 0.5) is 0 Å². The SMILES string of the molecule is CNC(Cc1ccccc1)Cc1ncnn1C. The van der Waals surface area contributed by atoms with Gasteiger partial charge in [0.2, 0.25) is 0 Å². The van der Waals surface area contributed by atoms with Crippen LogP contribution in [0, 0.1) is 0 Å². The van der Waals surface area contributed by atoms with Crippen LogP contribution in [0.2, 0.25) is 0 Å². The molecule has 4 nitrogen and oxygen atoms in total. The van der Waals surface area contributed by atoms with E-state index in [2.05, 4.69) is 39.7 Å². The van der Waals surface area contributed by atoms with E-state index in [1.807, 2.05) is 24.8 Å². The molecule has 1 atom stereocenters. The summed E-state index contributed by atoms with van der Waals surface area (Å²) in [6.45, 7) is 0. The third-order valence-electron chi connectivity index (χ3n) is 2.97. The van der Waals surface area contributed by atoms with E-state index in [0.29, 0.717) is 6.04 Å². The molecule has 1 heterocycles. The van der Waals surface area contributed by atoms with Gasteiger partial charge in [-0.2, -0.15) is 5.10 Å². The van der Waals surface area contributed by atoms with Gasteiger partial charge in [-0.3, -0.25) is 4.68 Å². The van der Waals surface area contributed by atoms with Crippen LogP contribution in [0.3, 0.4) is 0 Å². The average molecular weight is 230 g/mol. The summed E-state index contributed by atoms with van der Waals surface area (Å²) in [6, 6.07) is 10.9. The summed E-state index contributed by atoms with van der Waals surface area (Å²) in [7, 11) is 3.92. The molecule has 0 amide bonds. The third kappa shape index (κ3) is 3.14. The maximum absolute atomic E-state index is 4.26. The minimum Gasteiger partial charge on any atom is -0.316 e. The Kier molecular flexibility index (Phi) is 3.88. The van der Waals surface area contributed by atoms with E-state index in [-0.39, 0.29) is 0 Å². The third-order valence-corrected chi connectivity index (χ3v) is 2.97. The summed E-state index contributed by atoms with van der Waals surface area (Å²) in [5.74, 6) is 1.01. The summed E-state index contributed by atoms with van der Waals surface area (Å²) in [6.07, 6.45) is 3.50. The van der Waals surface area contributed by atoms with Crippen molar-refractivity contribution in [2.45, 2.75) is 18.9 Å². The normalized spacial score (nSPS) is 12.6. The molecule has 4 heteroatoms. The fourth-order valence-electron chi connectivity index (χ4n) is 1.90. The van der Waals surface area contributed by atoms with Crippen LogP contribution in [0.5, 0.6) is 0 Å². The van der Waals surface area contributed by atoms with Gasteiger partial charge in [-0.05, 0) is 19.0 Å². The summed E-state index contributed by atoms with van der Waals surface area (Å²) in [5, 5.41) is 7.42. The van der Waals surface area contributed by atoms with E-state index in [1.54, 1.807) is 6.33 Å². The van der Waals surface area contributed by atoms with Crippen LogP contribution < -0.4 is 5.32 Å². The first-order valence-electron chi connectivity index (χ1n) is 5.83. The molecular formula is C13H18N4. The van der Waals surface area contributed by atoms with Crippen LogP contribution in [0.1, 0.15) is 11.4 Å². The summed E-state index contributed by atoms with van der Waals surface area (Å²) in [4.78, 5) is 4.26. The Labute approximate surface area is 102 Å². The van der Waals surface area contributed by atoms with Crippen LogP contribution in [-0.4, -0.2) is 27.9 Å². The Morgan fingerprint density at radius 1 is 1.24 bits per heavy atom. The smallest absolute Gasteiger partial charge is 0.138 e. The fourth-order valence-corrected chi connectivity index (χ4v) is 1.90. The van der Waals surface area contributed by atoms with Gasteiger partial charge in [0.05, 0.1) is 0 Å². The molecule has 1 aromatic heterocycles. The second kappa shape index (κ2) is 5.59. The predicted octanol–water partition coefficient (Wildman–Crippen LogP) is 1.19. The Morgan fingerprint density at radius 2 is 2.00 bits per heavy atom. The Morgan fingerprint density at radius 3 is 2.59 bits per heavy atom. The second-order valence-corrected chi connectivity index (χ2v) is 4.18. The number of nitrogens with one attached hydrogen (secondary N) is 1. The zero-order valence-corrected chi connectivity index (χ0v) is 10.3. The van der Waals surface area contributed by atoms with Crippen LogP contribution >= 0.6 is 0 Å². The van der Waals surface area contributed by atoms with Gasteiger partial charge in [-0.1, -0.05) is 30.3 Å². The van der Waals surface area contributed by atoms with Crippen molar-refractivity contribution in [3.8, 4) is 0 Å². The van der Waals surface area contributed by atoms with Crippen molar-refractivity contribution in [3.63, 3.8) is 0 Å². The number of rotatable bonds is 5. The van der Waals surface area contributed by atoms with Crippen molar-refractivity contribution in [2.75, 3.05) is 7.05 Å². The first kappa shape index (κ1) is 11.8. The molecule has 0 aliphatic carbocycles. The Balaban J connectivity index is 2.00. The molecule has 0 fully saturated rings. The summed E-state index contributed by atoms with van der Waals surface area (Å²) >= 11 is 0. The minimum absolute atomic E-state index is 0.389. The largest absolute Gasteiger partial charge is 0.316 e. The van der Waals surface area contributed by atoms with Crippen molar-refractivity contribution >= 4 is 0 Å². The topological polar surface area (TPSA) is 42.7 Å². The molecule has 1 unspecified atom stereocenters. The van der Waals surface area contributed by atoms with Gasteiger partial charge < -0.3 is 5.32 Å². The van der Waals surface area contributed by atoms with Crippen molar-refractivity contribution < 1.29 is 0 Å². The lowest BCUT2D eigenvalue weighted by atomic mass is 10.0. The van der Waals surface area contributed by atoms with E-state index in [1.165, 1.54) is 5.56 Å². The molecule has 90 valence electrons. The number of nitrogens with zero attached hydrogens (tertiary/aromatic N) is 3. The fraction of sp³-hybridized carbons (Fsp3) is 0.385. The Hall–Kier alpha value is -1.68. The highest BCUT2D eigenvalue weighted by atomic mass is 15.3. The molecular weight excluding hydrogens is 212 g/mol. The lowest BCUT2D eigenvalue weighted by molar-refractivity contribution is 0.527. The number of benzene rings is 1. The van der Waals surface area contributed by atoms with Gasteiger partial charge in [0.1, 0.15) is 12.2 Å². The van der Waals surface area contributed by atoms with Gasteiger partial charge in [-0.15, -0.1) is 0 Å². The lowest BCUT2D eigenvalue weighted by Gasteiger charge is -2.15. The quantitative estimate of drug-likeness (QED) is 0.839. The van der Waals surface area contributed by atoms with E-state index >= 15 is 0 Å². The molecule has 2 aromatic rings. The van der Waals surface area contributed by atoms with E-state index in [4.69, 9.17) is 0 Å². The van der Waals surface area contributed by atoms with Crippen molar-refractivity contribution in [2.24, 2.45) is 7.05 Å². The molecule has 1 aromatic carbocycles. The molecule has 0 spiro atoms. The van der Waals surface area contributed by atoms with Gasteiger partial charge in [-0.25, -0.2) is 4.98 Å². The number of likely N-dealkylation sites (N-methyl/N-ethyl adjacent to an activating group) is 1. The zero-order valence-electron chi connectivity index (χ0n) is 10.3. The van der Waals surface area contributed by atoms with Gasteiger partial charge >= 0.3 is 0 Å². The number of aryl methyl sites for hydroxylation is 1.